The number of hydrogen-bond donors (Lipinski definition) is 2. The standard InChI is InChI=1S/C7H6FNO.C3H6O2/c8-6-3-1-5(2-4-6)7(9)10;1-2-3(4)5/h1-4H,(H2,9,10);2H2,1H3,(H,4,5). The maximum Gasteiger partial charge on any atom is 0.303 e. The summed E-state index contributed by atoms with van der Waals surface area (Å²) in [4.78, 5) is 19.8. The molecular weight excluding hydrogens is 201 g/mol. The average molecular weight is 213 g/mol. The highest BCUT2D eigenvalue weighted by molar-refractivity contribution is 5.92. The lowest BCUT2D eigenvalue weighted by molar-refractivity contribution is -0.136. The van der Waals surface area contributed by atoms with Gasteiger partial charge in [0.15, 0.2) is 0 Å². The quantitative estimate of drug-likeness (QED) is 0.779. The van der Waals surface area contributed by atoms with Crippen LogP contribution >= 0.6 is 0 Å². The number of carboxylic acids is 1. The van der Waals surface area contributed by atoms with Crippen LogP contribution in [0.3, 0.4) is 0 Å². The van der Waals surface area contributed by atoms with Crippen LogP contribution in [0.25, 0.3) is 0 Å². The molecule has 0 fully saturated rings. The van der Waals surface area contributed by atoms with E-state index in [4.69, 9.17) is 10.8 Å². The van der Waals surface area contributed by atoms with E-state index in [2.05, 4.69) is 0 Å². The molecule has 1 aromatic carbocycles. The van der Waals surface area contributed by atoms with E-state index in [-0.39, 0.29) is 12.2 Å². The monoisotopic (exact) mass is 213 g/mol. The van der Waals surface area contributed by atoms with Crippen molar-refractivity contribution in [3.05, 3.63) is 35.6 Å². The lowest BCUT2D eigenvalue weighted by Gasteiger charge is -1.91. The zero-order chi connectivity index (χ0) is 11.8. The highest BCUT2D eigenvalue weighted by Crippen LogP contribution is 2.00. The molecule has 0 aliphatic rings. The molecule has 1 aromatic rings. The molecule has 3 N–H and O–H groups in total. The van der Waals surface area contributed by atoms with E-state index in [1.165, 1.54) is 24.3 Å². The molecule has 5 heteroatoms. The zero-order valence-corrected chi connectivity index (χ0v) is 8.24. The molecule has 0 spiro atoms. The molecule has 4 nitrogen and oxygen atoms in total. The molecule has 0 atom stereocenters. The summed E-state index contributed by atoms with van der Waals surface area (Å²) in [7, 11) is 0. The van der Waals surface area contributed by atoms with Crippen molar-refractivity contribution in [3.63, 3.8) is 0 Å². The van der Waals surface area contributed by atoms with E-state index in [1.807, 2.05) is 0 Å². The van der Waals surface area contributed by atoms with Gasteiger partial charge in [0.1, 0.15) is 5.82 Å². The molecular formula is C10H12FNO3. The number of rotatable bonds is 2. The Morgan fingerprint density at radius 2 is 1.73 bits per heavy atom. The Morgan fingerprint density at radius 3 is 2.00 bits per heavy atom. The highest BCUT2D eigenvalue weighted by Gasteiger charge is 1.97. The number of nitrogens with two attached hydrogens (primary N) is 1. The number of primary amides is 1. The third-order valence-electron chi connectivity index (χ3n) is 1.43. The Bertz CT molecular complexity index is 335. The number of hydrogen-bond acceptors (Lipinski definition) is 2. The van der Waals surface area contributed by atoms with Crippen LogP contribution in [0.1, 0.15) is 23.7 Å². The summed E-state index contributed by atoms with van der Waals surface area (Å²) in [5.41, 5.74) is 5.22. The van der Waals surface area contributed by atoms with Crippen LogP contribution in [0, 0.1) is 5.82 Å². The average Bonchev–Trinajstić information content (AvgIpc) is 2.19. The fraction of sp³-hybridized carbons (Fsp3) is 0.200. The maximum atomic E-state index is 12.2. The van der Waals surface area contributed by atoms with Crippen molar-refractivity contribution >= 4 is 11.9 Å². The molecule has 0 saturated carbocycles. The number of benzene rings is 1. The number of amides is 1. The summed E-state index contributed by atoms with van der Waals surface area (Å²) in [5, 5.41) is 7.72. The lowest BCUT2D eigenvalue weighted by Crippen LogP contribution is -2.10. The van der Waals surface area contributed by atoms with E-state index in [0.29, 0.717) is 5.56 Å². The first-order chi connectivity index (χ1) is 6.97. The third kappa shape index (κ3) is 6.20. The van der Waals surface area contributed by atoms with Crippen molar-refractivity contribution in [2.75, 3.05) is 0 Å². The molecule has 0 aliphatic heterocycles. The molecule has 0 saturated heterocycles. The molecule has 0 aliphatic carbocycles. The Hall–Kier alpha value is -1.91. The normalized spacial score (nSPS) is 8.67. The Labute approximate surface area is 86.5 Å². The first kappa shape index (κ1) is 13.1. The topological polar surface area (TPSA) is 80.4 Å². The smallest absolute Gasteiger partial charge is 0.303 e. The Kier molecular flexibility index (Phi) is 5.70. The number of aliphatic carboxylic acids is 1. The van der Waals surface area contributed by atoms with E-state index in [1.54, 1.807) is 6.92 Å². The molecule has 82 valence electrons. The van der Waals surface area contributed by atoms with Gasteiger partial charge in [-0.3, -0.25) is 9.59 Å². The largest absolute Gasteiger partial charge is 0.481 e. The van der Waals surface area contributed by atoms with Gasteiger partial charge in [-0.15, -0.1) is 0 Å². The summed E-state index contributed by atoms with van der Waals surface area (Å²) in [6.07, 6.45) is 0.222. The molecule has 1 amide bonds. The van der Waals surface area contributed by atoms with Crippen molar-refractivity contribution in [1.82, 2.24) is 0 Å². The van der Waals surface area contributed by atoms with Gasteiger partial charge in [0.25, 0.3) is 0 Å². The molecule has 0 heterocycles. The summed E-state index contributed by atoms with van der Waals surface area (Å²) < 4.78 is 12.2. The zero-order valence-electron chi connectivity index (χ0n) is 8.24. The fourth-order valence-electron chi connectivity index (χ4n) is 0.614. The van der Waals surface area contributed by atoms with E-state index in [9.17, 15) is 14.0 Å². The van der Waals surface area contributed by atoms with Crippen LogP contribution in [0.15, 0.2) is 24.3 Å². The summed E-state index contributed by atoms with van der Waals surface area (Å²) in [6.45, 7) is 1.60. The van der Waals surface area contributed by atoms with Crippen molar-refractivity contribution in [2.45, 2.75) is 13.3 Å². The van der Waals surface area contributed by atoms with Gasteiger partial charge >= 0.3 is 5.97 Å². The van der Waals surface area contributed by atoms with Crippen LogP contribution in [0.2, 0.25) is 0 Å². The van der Waals surface area contributed by atoms with Crippen LogP contribution in [-0.2, 0) is 4.79 Å². The van der Waals surface area contributed by atoms with Crippen molar-refractivity contribution in [1.29, 1.82) is 0 Å². The predicted molar refractivity (Wildman–Crippen MR) is 52.8 cm³/mol. The minimum Gasteiger partial charge on any atom is -0.481 e. The van der Waals surface area contributed by atoms with Crippen LogP contribution in [0.4, 0.5) is 4.39 Å². The number of carboxylic acid groups (broad SMARTS) is 1. The van der Waals surface area contributed by atoms with E-state index in [0.717, 1.165) is 0 Å². The van der Waals surface area contributed by atoms with Crippen LogP contribution in [0.5, 0.6) is 0 Å². The number of carbonyl (C=O) groups excluding carboxylic acids is 1. The van der Waals surface area contributed by atoms with Crippen molar-refractivity contribution < 1.29 is 19.1 Å². The van der Waals surface area contributed by atoms with Crippen molar-refractivity contribution in [3.8, 4) is 0 Å². The fourth-order valence-corrected chi connectivity index (χ4v) is 0.614. The van der Waals surface area contributed by atoms with E-state index < -0.39 is 11.9 Å². The van der Waals surface area contributed by atoms with Crippen LogP contribution < -0.4 is 5.73 Å². The second-order valence-electron chi connectivity index (χ2n) is 2.62. The van der Waals surface area contributed by atoms with Gasteiger partial charge in [-0.2, -0.15) is 0 Å². The number of carbonyl (C=O) groups is 2. The molecule has 0 radical (unpaired) electrons. The minimum absolute atomic E-state index is 0.222. The molecule has 0 bridgehead atoms. The second kappa shape index (κ2) is 6.53. The van der Waals surface area contributed by atoms with Crippen molar-refractivity contribution in [2.24, 2.45) is 5.73 Å². The third-order valence-corrected chi connectivity index (χ3v) is 1.43. The Balaban J connectivity index is 0.000000336. The van der Waals surface area contributed by atoms with Gasteiger partial charge < -0.3 is 10.8 Å². The van der Waals surface area contributed by atoms with Gasteiger partial charge in [0.2, 0.25) is 5.91 Å². The van der Waals surface area contributed by atoms with Gasteiger partial charge in [0, 0.05) is 12.0 Å². The molecule has 15 heavy (non-hydrogen) atoms. The highest BCUT2D eigenvalue weighted by atomic mass is 19.1. The first-order valence-electron chi connectivity index (χ1n) is 4.24. The minimum atomic E-state index is -0.745. The maximum absolute atomic E-state index is 12.2. The first-order valence-corrected chi connectivity index (χ1v) is 4.24. The van der Waals surface area contributed by atoms with Gasteiger partial charge in [-0.05, 0) is 24.3 Å². The van der Waals surface area contributed by atoms with Gasteiger partial charge in [-0.1, -0.05) is 6.92 Å². The summed E-state index contributed by atoms with van der Waals surface area (Å²) in [6, 6.07) is 5.08. The second-order valence-corrected chi connectivity index (χ2v) is 2.62. The number of halogens is 1. The summed E-state index contributed by atoms with van der Waals surface area (Å²) in [5.74, 6) is -1.66. The van der Waals surface area contributed by atoms with Crippen LogP contribution in [-0.4, -0.2) is 17.0 Å². The SMILES string of the molecule is CCC(=O)O.NC(=O)c1ccc(F)cc1. The lowest BCUT2D eigenvalue weighted by atomic mass is 10.2. The summed E-state index contributed by atoms with van der Waals surface area (Å²) >= 11 is 0. The predicted octanol–water partition coefficient (Wildman–Crippen LogP) is 1.41. The molecule has 1 rings (SSSR count). The Morgan fingerprint density at radius 1 is 1.33 bits per heavy atom. The molecule has 0 unspecified atom stereocenters. The van der Waals surface area contributed by atoms with E-state index >= 15 is 0 Å². The molecule has 0 aromatic heterocycles. The van der Waals surface area contributed by atoms with Gasteiger partial charge in [0.05, 0.1) is 0 Å². The van der Waals surface area contributed by atoms with Gasteiger partial charge in [-0.25, -0.2) is 4.39 Å².